The third-order valence-corrected chi connectivity index (χ3v) is 3.05. The van der Waals surface area contributed by atoms with Crippen molar-refractivity contribution in [1.29, 1.82) is 0 Å². The molecule has 0 aromatic carbocycles. The fourth-order valence-corrected chi connectivity index (χ4v) is 2.10. The first kappa shape index (κ1) is 10.6. The second kappa shape index (κ2) is 5.24. The minimum atomic E-state index is -0.166. The topological polar surface area (TPSA) is 45.1 Å². The zero-order valence-corrected chi connectivity index (χ0v) is 8.89. The SMILES string of the molecule is O[C@H]1CCCC[C@H]1NCc1ccncc1. The molecule has 0 bridgehead atoms. The smallest absolute Gasteiger partial charge is 0.0693 e. The molecule has 15 heavy (non-hydrogen) atoms. The third kappa shape index (κ3) is 3.01. The van der Waals surface area contributed by atoms with Crippen LogP contribution in [0, 0.1) is 0 Å². The molecule has 1 aromatic rings. The van der Waals surface area contributed by atoms with Gasteiger partial charge in [-0.05, 0) is 30.5 Å². The van der Waals surface area contributed by atoms with Gasteiger partial charge in [0.2, 0.25) is 0 Å². The lowest BCUT2D eigenvalue weighted by molar-refractivity contribution is 0.0902. The predicted octanol–water partition coefficient (Wildman–Crippen LogP) is 1.47. The summed E-state index contributed by atoms with van der Waals surface area (Å²) in [6, 6.07) is 4.27. The Labute approximate surface area is 90.5 Å². The van der Waals surface area contributed by atoms with Crippen LogP contribution in [0.3, 0.4) is 0 Å². The second-order valence-corrected chi connectivity index (χ2v) is 4.19. The number of nitrogens with zero attached hydrogens (tertiary/aromatic N) is 1. The Morgan fingerprint density at radius 1 is 1.27 bits per heavy atom. The molecule has 2 N–H and O–H groups in total. The summed E-state index contributed by atoms with van der Waals surface area (Å²) in [5.74, 6) is 0. The summed E-state index contributed by atoms with van der Waals surface area (Å²) in [4.78, 5) is 3.98. The van der Waals surface area contributed by atoms with Crippen molar-refractivity contribution in [2.45, 2.75) is 44.4 Å². The van der Waals surface area contributed by atoms with Gasteiger partial charge < -0.3 is 10.4 Å². The van der Waals surface area contributed by atoms with Crippen LogP contribution in [-0.4, -0.2) is 22.2 Å². The first-order valence-electron chi connectivity index (χ1n) is 5.66. The molecule has 1 aromatic heterocycles. The molecule has 3 nitrogen and oxygen atoms in total. The van der Waals surface area contributed by atoms with Gasteiger partial charge in [0.05, 0.1) is 6.10 Å². The van der Waals surface area contributed by atoms with Crippen LogP contribution in [0.2, 0.25) is 0 Å². The highest BCUT2D eigenvalue weighted by Crippen LogP contribution is 2.18. The van der Waals surface area contributed by atoms with E-state index in [0.29, 0.717) is 0 Å². The normalized spacial score (nSPS) is 26.5. The van der Waals surface area contributed by atoms with Crippen molar-refractivity contribution in [3.8, 4) is 0 Å². The van der Waals surface area contributed by atoms with Crippen molar-refractivity contribution in [2.75, 3.05) is 0 Å². The highest BCUT2D eigenvalue weighted by Gasteiger charge is 2.21. The van der Waals surface area contributed by atoms with Crippen LogP contribution in [0.15, 0.2) is 24.5 Å². The number of aromatic nitrogens is 1. The molecule has 1 fully saturated rings. The van der Waals surface area contributed by atoms with Crippen molar-refractivity contribution in [1.82, 2.24) is 10.3 Å². The fraction of sp³-hybridized carbons (Fsp3) is 0.583. The second-order valence-electron chi connectivity index (χ2n) is 4.19. The van der Waals surface area contributed by atoms with Gasteiger partial charge >= 0.3 is 0 Å². The maximum Gasteiger partial charge on any atom is 0.0693 e. The van der Waals surface area contributed by atoms with E-state index >= 15 is 0 Å². The van der Waals surface area contributed by atoms with E-state index in [0.717, 1.165) is 25.8 Å². The van der Waals surface area contributed by atoms with Gasteiger partial charge in [0.1, 0.15) is 0 Å². The summed E-state index contributed by atoms with van der Waals surface area (Å²) in [6.07, 6.45) is 7.85. The van der Waals surface area contributed by atoms with Crippen molar-refractivity contribution in [3.63, 3.8) is 0 Å². The molecule has 2 rings (SSSR count). The Morgan fingerprint density at radius 2 is 2.00 bits per heavy atom. The van der Waals surface area contributed by atoms with E-state index in [9.17, 15) is 5.11 Å². The van der Waals surface area contributed by atoms with Gasteiger partial charge in [-0.3, -0.25) is 4.98 Å². The molecule has 0 aliphatic heterocycles. The van der Waals surface area contributed by atoms with E-state index in [1.807, 2.05) is 12.1 Å². The Balaban J connectivity index is 1.82. The molecule has 1 aliphatic rings. The molecule has 1 saturated carbocycles. The Morgan fingerprint density at radius 3 is 2.73 bits per heavy atom. The molecule has 3 heteroatoms. The summed E-state index contributed by atoms with van der Waals surface area (Å²) in [5, 5.41) is 13.2. The summed E-state index contributed by atoms with van der Waals surface area (Å²) < 4.78 is 0. The van der Waals surface area contributed by atoms with E-state index in [2.05, 4.69) is 10.3 Å². The minimum absolute atomic E-state index is 0.166. The molecule has 82 valence electrons. The zero-order valence-electron chi connectivity index (χ0n) is 8.89. The van der Waals surface area contributed by atoms with Crippen LogP contribution in [0.5, 0.6) is 0 Å². The first-order chi connectivity index (χ1) is 7.36. The lowest BCUT2D eigenvalue weighted by atomic mass is 9.92. The monoisotopic (exact) mass is 206 g/mol. The number of pyridine rings is 1. The number of hydrogen-bond donors (Lipinski definition) is 2. The van der Waals surface area contributed by atoms with Crippen molar-refractivity contribution in [3.05, 3.63) is 30.1 Å². The maximum atomic E-state index is 9.77. The van der Waals surface area contributed by atoms with Gasteiger partial charge in [-0.25, -0.2) is 0 Å². The minimum Gasteiger partial charge on any atom is -0.392 e. The lowest BCUT2D eigenvalue weighted by Gasteiger charge is -2.28. The molecule has 1 aliphatic carbocycles. The molecular formula is C12H18N2O. The summed E-state index contributed by atoms with van der Waals surface area (Å²) in [5.41, 5.74) is 1.22. The number of nitrogens with one attached hydrogen (secondary N) is 1. The Kier molecular flexibility index (Phi) is 3.69. The number of aliphatic hydroxyl groups is 1. The van der Waals surface area contributed by atoms with Crippen LogP contribution in [0.1, 0.15) is 31.2 Å². The van der Waals surface area contributed by atoms with Gasteiger partial charge in [-0.15, -0.1) is 0 Å². The Bertz CT molecular complexity index is 289. The summed E-state index contributed by atoms with van der Waals surface area (Å²) >= 11 is 0. The quantitative estimate of drug-likeness (QED) is 0.787. The molecule has 0 unspecified atom stereocenters. The van der Waals surface area contributed by atoms with Crippen LogP contribution in [0.25, 0.3) is 0 Å². The Hall–Kier alpha value is -0.930. The first-order valence-corrected chi connectivity index (χ1v) is 5.66. The third-order valence-electron chi connectivity index (χ3n) is 3.05. The molecule has 0 spiro atoms. The van der Waals surface area contributed by atoms with E-state index in [1.165, 1.54) is 12.0 Å². The number of hydrogen-bond acceptors (Lipinski definition) is 3. The van der Waals surface area contributed by atoms with E-state index in [-0.39, 0.29) is 12.1 Å². The molecule has 0 saturated heterocycles. The van der Waals surface area contributed by atoms with E-state index < -0.39 is 0 Å². The molecule has 0 amide bonds. The van der Waals surface area contributed by atoms with Gasteiger partial charge in [0, 0.05) is 25.0 Å². The summed E-state index contributed by atoms with van der Waals surface area (Å²) in [6.45, 7) is 0.824. The molecule has 0 radical (unpaired) electrons. The van der Waals surface area contributed by atoms with Crippen molar-refractivity contribution in [2.24, 2.45) is 0 Å². The van der Waals surface area contributed by atoms with Gasteiger partial charge in [0.15, 0.2) is 0 Å². The van der Waals surface area contributed by atoms with Crippen LogP contribution >= 0.6 is 0 Å². The fourth-order valence-electron chi connectivity index (χ4n) is 2.10. The van der Waals surface area contributed by atoms with Crippen molar-refractivity contribution >= 4 is 0 Å². The lowest BCUT2D eigenvalue weighted by Crippen LogP contribution is -2.41. The number of aliphatic hydroxyl groups excluding tert-OH is 1. The van der Waals surface area contributed by atoms with Crippen LogP contribution in [-0.2, 0) is 6.54 Å². The highest BCUT2D eigenvalue weighted by atomic mass is 16.3. The van der Waals surface area contributed by atoms with Crippen molar-refractivity contribution < 1.29 is 5.11 Å². The maximum absolute atomic E-state index is 9.77. The van der Waals surface area contributed by atoms with Crippen LogP contribution in [0.4, 0.5) is 0 Å². The standard InChI is InChI=1S/C12H18N2O/c15-12-4-2-1-3-11(12)14-9-10-5-7-13-8-6-10/h5-8,11-12,14-15H,1-4,9H2/t11-,12+/m1/s1. The van der Waals surface area contributed by atoms with E-state index in [4.69, 9.17) is 0 Å². The molecule has 2 atom stereocenters. The average molecular weight is 206 g/mol. The molecule has 1 heterocycles. The van der Waals surface area contributed by atoms with Gasteiger partial charge in [-0.1, -0.05) is 12.8 Å². The highest BCUT2D eigenvalue weighted by molar-refractivity contribution is 5.09. The van der Waals surface area contributed by atoms with E-state index in [1.54, 1.807) is 12.4 Å². The average Bonchev–Trinajstić information content (AvgIpc) is 2.29. The van der Waals surface area contributed by atoms with Gasteiger partial charge in [-0.2, -0.15) is 0 Å². The summed E-state index contributed by atoms with van der Waals surface area (Å²) in [7, 11) is 0. The zero-order chi connectivity index (χ0) is 10.5. The molecular weight excluding hydrogens is 188 g/mol. The predicted molar refractivity (Wildman–Crippen MR) is 59.3 cm³/mol. The largest absolute Gasteiger partial charge is 0.392 e. The van der Waals surface area contributed by atoms with Gasteiger partial charge in [0.25, 0.3) is 0 Å². The van der Waals surface area contributed by atoms with Crippen LogP contribution < -0.4 is 5.32 Å². The number of rotatable bonds is 3.